The molecule has 0 atom stereocenters. The zero-order chi connectivity index (χ0) is 14.8. The van der Waals surface area contributed by atoms with E-state index in [0.29, 0.717) is 11.0 Å². The van der Waals surface area contributed by atoms with Crippen LogP contribution in [-0.2, 0) is 6.42 Å². The molecule has 0 unspecified atom stereocenters. The Hall–Kier alpha value is -2.69. The second kappa shape index (κ2) is 5.36. The summed E-state index contributed by atoms with van der Waals surface area (Å²) in [5.74, 6) is -0.975. The third-order valence-electron chi connectivity index (χ3n) is 3.44. The molecule has 3 rings (SSSR count). The van der Waals surface area contributed by atoms with Crippen molar-refractivity contribution in [2.45, 2.75) is 19.8 Å². The zero-order valence-corrected chi connectivity index (χ0v) is 11.7. The van der Waals surface area contributed by atoms with Crippen LogP contribution in [0.4, 0.5) is 0 Å². The molecule has 1 heterocycles. The SMILES string of the molecule is CCCc1ccccc1-n1nnc2cccc(C(=O)O)c21. The Kier molecular flexibility index (Phi) is 3.39. The minimum Gasteiger partial charge on any atom is -0.478 e. The van der Waals surface area contributed by atoms with E-state index in [1.54, 1.807) is 22.9 Å². The normalized spacial score (nSPS) is 10.9. The lowest BCUT2D eigenvalue weighted by atomic mass is 10.1. The van der Waals surface area contributed by atoms with Gasteiger partial charge in [0.1, 0.15) is 11.0 Å². The van der Waals surface area contributed by atoms with E-state index in [4.69, 9.17) is 0 Å². The van der Waals surface area contributed by atoms with Gasteiger partial charge in [-0.2, -0.15) is 0 Å². The number of para-hydroxylation sites is 2. The molecule has 5 heteroatoms. The van der Waals surface area contributed by atoms with Gasteiger partial charge < -0.3 is 5.11 Å². The van der Waals surface area contributed by atoms with Crippen LogP contribution in [0.1, 0.15) is 29.3 Å². The van der Waals surface area contributed by atoms with Gasteiger partial charge in [0.05, 0.1) is 11.3 Å². The van der Waals surface area contributed by atoms with Crippen molar-refractivity contribution < 1.29 is 9.90 Å². The number of carboxylic acids is 1. The minimum atomic E-state index is -0.975. The molecule has 3 aromatic rings. The molecule has 0 saturated heterocycles. The van der Waals surface area contributed by atoms with E-state index in [0.717, 1.165) is 24.1 Å². The van der Waals surface area contributed by atoms with Crippen molar-refractivity contribution >= 4 is 17.0 Å². The Balaban J connectivity index is 2.29. The first-order chi connectivity index (χ1) is 10.2. The molecule has 0 fully saturated rings. The molecule has 106 valence electrons. The highest BCUT2D eigenvalue weighted by atomic mass is 16.4. The maximum Gasteiger partial charge on any atom is 0.337 e. The number of carbonyl (C=O) groups is 1. The Morgan fingerprint density at radius 2 is 2.00 bits per heavy atom. The quantitative estimate of drug-likeness (QED) is 0.798. The third-order valence-corrected chi connectivity index (χ3v) is 3.44. The van der Waals surface area contributed by atoms with Crippen LogP contribution >= 0.6 is 0 Å². The van der Waals surface area contributed by atoms with Crippen LogP contribution in [-0.4, -0.2) is 26.1 Å². The number of aromatic carboxylic acids is 1. The number of fused-ring (bicyclic) bond motifs is 1. The molecule has 0 amide bonds. The Morgan fingerprint density at radius 1 is 1.19 bits per heavy atom. The molecule has 0 aliphatic heterocycles. The van der Waals surface area contributed by atoms with Gasteiger partial charge in [0.15, 0.2) is 0 Å². The van der Waals surface area contributed by atoms with Crippen LogP contribution in [0.25, 0.3) is 16.7 Å². The maximum atomic E-state index is 11.4. The van der Waals surface area contributed by atoms with Crippen LogP contribution in [0.2, 0.25) is 0 Å². The predicted molar refractivity (Wildman–Crippen MR) is 79.8 cm³/mol. The van der Waals surface area contributed by atoms with E-state index in [2.05, 4.69) is 17.2 Å². The topological polar surface area (TPSA) is 68.0 Å². The van der Waals surface area contributed by atoms with Gasteiger partial charge in [-0.25, -0.2) is 9.48 Å². The van der Waals surface area contributed by atoms with Gasteiger partial charge in [0.25, 0.3) is 0 Å². The summed E-state index contributed by atoms with van der Waals surface area (Å²) in [5, 5.41) is 17.6. The second-order valence-corrected chi connectivity index (χ2v) is 4.86. The van der Waals surface area contributed by atoms with Gasteiger partial charge >= 0.3 is 5.97 Å². The fourth-order valence-corrected chi connectivity index (χ4v) is 2.51. The van der Waals surface area contributed by atoms with Crippen LogP contribution in [0.5, 0.6) is 0 Å². The van der Waals surface area contributed by atoms with E-state index in [-0.39, 0.29) is 5.56 Å². The van der Waals surface area contributed by atoms with Crippen molar-refractivity contribution in [1.29, 1.82) is 0 Å². The predicted octanol–water partition coefficient (Wildman–Crippen LogP) is 3.07. The first-order valence-corrected chi connectivity index (χ1v) is 6.88. The van der Waals surface area contributed by atoms with Crippen molar-refractivity contribution in [2.75, 3.05) is 0 Å². The number of benzene rings is 2. The smallest absolute Gasteiger partial charge is 0.337 e. The molecule has 0 aliphatic rings. The Labute approximate surface area is 121 Å². The standard InChI is InChI=1S/C16H15N3O2/c1-2-6-11-7-3-4-10-14(11)19-15-12(16(20)21)8-5-9-13(15)17-18-19/h3-5,7-10H,2,6H2,1H3,(H,20,21). The lowest BCUT2D eigenvalue weighted by Gasteiger charge is -2.09. The van der Waals surface area contributed by atoms with Gasteiger partial charge in [-0.1, -0.05) is 42.8 Å². The Bertz CT molecular complexity index is 808. The molecule has 0 spiro atoms. The van der Waals surface area contributed by atoms with Crippen LogP contribution in [0.3, 0.4) is 0 Å². The summed E-state index contributed by atoms with van der Waals surface area (Å²) in [4.78, 5) is 11.4. The monoisotopic (exact) mass is 281 g/mol. The molecule has 0 radical (unpaired) electrons. The average Bonchev–Trinajstić information content (AvgIpc) is 2.92. The number of nitrogens with zero attached hydrogens (tertiary/aromatic N) is 3. The number of rotatable bonds is 4. The fourth-order valence-electron chi connectivity index (χ4n) is 2.51. The summed E-state index contributed by atoms with van der Waals surface area (Å²) in [7, 11) is 0. The molecule has 2 aromatic carbocycles. The largest absolute Gasteiger partial charge is 0.478 e. The molecule has 0 aliphatic carbocycles. The molecular formula is C16H15N3O2. The summed E-state index contributed by atoms with van der Waals surface area (Å²) in [6.45, 7) is 2.11. The summed E-state index contributed by atoms with van der Waals surface area (Å²) < 4.78 is 1.63. The maximum absolute atomic E-state index is 11.4. The van der Waals surface area contributed by atoms with E-state index in [9.17, 15) is 9.90 Å². The highest BCUT2D eigenvalue weighted by Crippen LogP contribution is 2.23. The molecule has 1 N–H and O–H groups in total. The number of hydrogen-bond acceptors (Lipinski definition) is 3. The van der Waals surface area contributed by atoms with Gasteiger partial charge in [0, 0.05) is 0 Å². The van der Waals surface area contributed by atoms with E-state index < -0.39 is 5.97 Å². The summed E-state index contributed by atoms with van der Waals surface area (Å²) in [6, 6.07) is 12.9. The summed E-state index contributed by atoms with van der Waals surface area (Å²) in [6.07, 6.45) is 1.92. The van der Waals surface area contributed by atoms with Gasteiger partial charge in [-0.15, -0.1) is 5.10 Å². The fraction of sp³-hybridized carbons (Fsp3) is 0.188. The van der Waals surface area contributed by atoms with Crippen molar-refractivity contribution in [1.82, 2.24) is 15.0 Å². The molecule has 0 bridgehead atoms. The van der Waals surface area contributed by atoms with Gasteiger partial charge in [-0.3, -0.25) is 0 Å². The number of carboxylic acid groups (broad SMARTS) is 1. The average molecular weight is 281 g/mol. The van der Waals surface area contributed by atoms with Gasteiger partial charge in [0.2, 0.25) is 0 Å². The number of aryl methyl sites for hydroxylation is 1. The zero-order valence-electron chi connectivity index (χ0n) is 11.7. The molecule has 21 heavy (non-hydrogen) atoms. The van der Waals surface area contributed by atoms with Crippen molar-refractivity contribution in [2.24, 2.45) is 0 Å². The lowest BCUT2D eigenvalue weighted by Crippen LogP contribution is -2.05. The lowest BCUT2D eigenvalue weighted by molar-refractivity contribution is 0.0698. The van der Waals surface area contributed by atoms with E-state index in [1.807, 2.05) is 24.3 Å². The van der Waals surface area contributed by atoms with Gasteiger partial charge in [-0.05, 0) is 30.2 Å². The van der Waals surface area contributed by atoms with Crippen LogP contribution in [0, 0.1) is 0 Å². The molecular weight excluding hydrogens is 266 g/mol. The van der Waals surface area contributed by atoms with Crippen molar-refractivity contribution in [3.05, 3.63) is 53.6 Å². The first kappa shape index (κ1) is 13.3. The highest BCUT2D eigenvalue weighted by molar-refractivity contribution is 6.01. The molecule has 5 nitrogen and oxygen atoms in total. The third kappa shape index (κ3) is 2.27. The van der Waals surface area contributed by atoms with Crippen LogP contribution in [0.15, 0.2) is 42.5 Å². The molecule has 0 saturated carbocycles. The van der Waals surface area contributed by atoms with E-state index >= 15 is 0 Å². The number of hydrogen-bond donors (Lipinski definition) is 1. The van der Waals surface area contributed by atoms with Crippen LogP contribution < -0.4 is 0 Å². The second-order valence-electron chi connectivity index (χ2n) is 4.86. The molecule has 1 aromatic heterocycles. The first-order valence-electron chi connectivity index (χ1n) is 6.88. The summed E-state index contributed by atoms with van der Waals surface area (Å²) in [5.41, 5.74) is 3.35. The van der Waals surface area contributed by atoms with Crippen molar-refractivity contribution in [3.8, 4) is 5.69 Å². The highest BCUT2D eigenvalue weighted by Gasteiger charge is 2.16. The van der Waals surface area contributed by atoms with E-state index in [1.165, 1.54) is 0 Å². The Morgan fingerprint density at radius 3 is 2.76 bits per heavy atom. The summed E-state index contributed by atoms with van der Waals surface area (Å²) >= 11 is 0. The number of aromatic nitrogens is 3. The minimum absolute atomic E-state index is 0.212. The van der Waals surface area contributed by atoms with Crippen molar-refractivity contribution in [3.63, 3.8) is 0 Å².